The first-order valence-electron chi connectivity index (χ1n) is 7.08. The van der Waals surface area contributed by atoms with Crippen LogP contribution in [0, 0.1) is 5.92 Å². The second kappa shape index (κ2) is 7.45. The van der Waals surface area contributed by atoms with Gasteiger partial charge in [-0.25, -0.2) is 8.42 Å². The molecule has 1 aromatic carbocycles. The van der Waals surface area contributed by atoms with Gasteiger partial charge in [0.2, 0.25) is 0 Å². The van der Waals surface area contributed by atoms with Gasteiger partial charge in [-0.15, -0.1) is 0 Å². The van der Waals surface area contributed by atoms with E-state index in [9.17, 15) is 13.2 Å². The number of carboxylic acid groups (broad SMARTS) is 1. The zero-order chi connectivity index (χ0) is 16.0. The summed E-state index contributed by atoms with van der Waals surface area (Å²) in [6.45, 7) is 5.63. The van der Waals surface area contributed by atoms with Crippen LogP contribution in [0.5, 0.6) is 0 Å². The number of aliphatic carboxylic acids is 1. The molecule has 21 heavy (non-hydrogen) atoms. The Balaban J connectivity index is 3.11. The van der Waals surface area contributed by atoms with Crippen molar-refractivity contribution in [3.63, 3.8) is 0 Å². The molecule has 0 saturated heterocycles. The Kier molecular flexibility index (Phi) is 6.20. The molecule has 5 nitrogen and oxygen atoms in total. The largest absolute Gasteiger partial charge is 0.481 e. The molecule has 0 amide bonds. The highest BCUT2D eigenvalue weighted by molar-refractivity contribution is 7.91. The van der Waals surface area contributed by atoms with Gasteiger partial charge in [-0.1, -0.05) is 32.9 Å². The summed E-state index contributed by atoms with van der Waals surface area (Å²) in [6, 6.07) is 6.34. The molecule has 0 aliphatic heterocycles. The summed E-state index contributed by atoms with van der Waals surface area (Å²) in [6.07, 6.45) is 0.485. The maximum atomic E-state index is 12.3. The Labute approximate surface area is 126 Å². The molecule has 2 N–H and O–H groups in total. The standard InChI is InChI=1S/C15H23NO4S/c1-4-9-21(19,20)14-8-6-5-7-12(14)16-13(11(2)3)10-15(17)18/h5-8,11,13,16H,4,9-10H2,1-3H3,(H,17,18). The van der Waals surface area contributed by atoms with Gasteiger partial charge in [0, 0.05) is 6.04 Å². The van der Waals surface area contributed by atoms with Crippen LogP contribution in [0.2, 0.25) is 0 Å². The topological polar surface area (TPSA) is 83.5 Å². The van der Waals surface area contributed by atoms with Crippen molar-refractivity contribution in [2.75, 3.05) is 11.1 Å². The Morgan fingerprint density at radius 2 is 1.90 bits per heavy atom. The van der Waals surface area contributed by atoms with E-state index >= 15 is 0 Å². The molecule has 0 fully saturated rings. The number of rotatable bonds is 8. The minimum Gasteiger partial charge on any atom is -0.481 e. The van der Waals surface area contributed by atoms with E-state index in [1.54, 1.807) is 24.3 Å². The van der Waals surface area contributed by atoms with Crippen LogP contribution in [0.15, 0.2) is 29.2 Å². The summed E-state index contributed by atoms with van der Waals surface area (Å²) in [5.41, 5.74) is 0.478. The second-order valence-electron chi connectivity index (χ2n) is 5.41. The van der Waals surface area contributed by atoms with Crippen LogP contribution >= 0.6 is 0 Å². The third kappa shape index (κ3) is 5.04. The lowest BCUT2D eigenvalue weighted by molar-refractivity contribution is -0.137. The molecular formula is C15H23NO4S. The molecule has 6 heteroatoms. The molecule has 1 unspecified atom stereocenters. The van der Waals surface area contributed by atoms with Crippen molar-refractivity contribution in [2.24, 2.45) is 5.92 Å². The fourth-order valence-electron chi connectivity index (χ4n) is 2.08. The first-order valence-corrected chi connectivity index (χ1v) is 8.73. The predicted octanol–water partition coefficient (Wildman–Crippen LogP) is 2.78. The summed E-state index contributed by atoms with van der Waals surface area (Å²) < 4.78 is 24.5. The zero-order valence-electron chi connectivity index (χ0n) is 12.7. The van der Waals surface area contributed by atoms with Crippen molar-refractivity contribution >= 4 is 21.5 Å². The Hall–Kier alpha value is -1.56. The normalized spacial score (nSPS) is 13.1. The number of para-hydroxylation sites is 1. The Morgan fingerprint density at radius 3 is 2.43 bits per heavy atom. The average molecular weight is 313 g/mol. The van der Waals surface area contributed by atoms with Crippen LogP contribution in [-0.4, -0.2) is 31.3 Å². The van der Waals surface area contributed by atoms with Gasteiger partial charge >= 0.3 is 5.97 Å². The number of anilines is 1. The van der Waals surface area contributed by atoms with Gasteiger partial charge in [0.15, 0.2) is 9.84 Å². The molecule has 118 valence electrons. The number of carboxylic acids is 1. The van der Waals surface area contributed by atoms with E-state index in [2.05, 4.69) is 5.32 Å². The van der Waals surface area contributed by atoms with E-state index in [-0.39, 0.29) is 29.0 Å². The van der Waals surface area contributed by atoms with Crippen molar-refractivity contribution in [3.05, 3.63) is 24.3 Å². The maximum Gasteiger partial charge on any atom is 0.305 e. The molecule has 1 rings (SSSR count). The summed E-state index contributed by atoms with van der Waals surface area (Å²) in [5, 5.41) is 12.0. The van der Waals surface area contributed by atoms with Gasteiger partial charge in [-0.2, -0.15) is 0 Å². The lowest BCUT2D eigenvalue weighted by atomic mass is 10.0. The summed E-state index contributed by atoms with van der Waals surface area (Å²) in [5.74, 6) is -0.755. The third-order valence-electron chi connectivity index (χ3n) is 3.24. The lowest BCUT2D eigenvalue weighted by Gasteiger charge is -2.23. The van der Waals surface area contributed by atoms with E-state index in [1.165, 1.54) is 0 Å². The minimum atomic E-state index is -3.35. The Bertz CT molecular complexity index is 581. The van der Waals surface area contributed by atoms with E-state index in [4.69, 9.17) is 5.11 Å². The van der Waals surface area contributed by atoms with Gasteiger partial charge in [0.1, 0.15) is 0 Å². The second-order valence-corrected chi connectivity index (χ2v) is 7.49. The van der Waals surface area contributed by atoms with E-state index in [1.807, 2.05) is 20.8 Å². The molecule has 0 aliphatic carbocycles. The average Bonchev–Trinajstić information content (AvgIpc) is 2.37. The van der Waals surface area contributed by atoms with E-state index in [0.717, 1.165) is 0 Å². The zero-order valence-corrected chi connectivity index (χ0v) is 13.5. The summed E-state index contributed by atoms with van der Waals surface area (Å²) in [7, 11) is -3.35. The lowest BCUT2D eigenvalue weighted by Crippen LogP contribution is -2.29. The Morgan fingerprint density at radius 1 is 1.29 bits per heavy atom. The molecule has 0 aliphatic rings. The van der Waals surface area contributed by atoms with E-state index in [0.29, 0.717) is 12.1 Å². The highest BCUT2D eigenvalue weighted by atomic mass is 32.2. The fraction of sp³-hybridized carbons (Fsp3) is 0.533. The van der Waals surface area contributed by atoms with Gasteiger partial charge < -0.3 is 10.4 Å². The highest BCUT2D eigenvalue weighted by Gasteiger charge is 2.22. The number of nitrogens with one attached hydrogen (secondary N) is 1. The smallest absolute Gasteiger partial charge is 0.305 e. The van der Waals surface area contributed by atoms with Crippen molar-refractivity contribution in [3.8, 4) is 0 Å². The van der Waals surface area contributed by atoms with E-state index < -0.39 is 15.8 Å². The minimum absolute atomic E-state index is 0.0557. The third-order valence-corrected chi connectivity index (χ3v) is 5.21. The molecule has 0 heterocycles. The first kappa shape index (κ1) is 17.5. The van der Waals surface area contributed by atoms with Crippen molar-refractivity contribution < 1.29 is 18.3 Å². The number of hydrogen-bond acceptors (Lipinski definition) is 4. The predicted molar refractivity (Wildman–Crippen MR) is 83.3 cm³/mol. The summed E-state index contributed by atoms with van der Waals surface area (Å²) >= 11 is 0. The monoisotopic (exact) mass is 313 g/mol. The number of hydrogen-bond donors (Lipinski definition) is 2. The highest BCUT2D eigenvalue weighted by Crippen LogP contribution is 2.25. The van der Waals surface area contributed by atoms with Gasteiger partial charge in [0.05, 0.1) is 22.8 Å². The fourth-order valence-corrected chi connectivity index (χ4v) is 3.58. The first-order chi connectivity index (χ1) is 9.77. The van der Waals surface area contributed by atoms with Crippen molar-refractivity contribution in [2.45, 2.75) is 44.6 Å². The van der Waals surface area contributed by atoms with Crippen LogP contribution in [0.1, 0.15) is 33.6 Å². The van der Waals surface area contributed by atoms with Gasteiger partial charge in [-0.05, 0) is 24.5 Å². The quantitative estimate of drug-likeness (QED) is 0.771. The SMILES string of the molecule is CCCS(=O)(=O)c1ccccc1NC(CC(=O)O)C(C)C. The molecular weight excluding hydrogens is 290 g/mol. The van der Waals surface area contributed by atoms with Crippen molar-refractivity contribution in [1.29, 1.82) is 0 Å². The van der Waals surface area contributed by atoms with Crippen LogP contribution in [0.25, 0.3) is 0 Å². The van der Waals surface area contributed by atoms with Crippen molar-refractivity contribution in [1.82, 2.24) is 0 Å². The molecule has 0 saturated carbocycles. The van der Waals surface area contributed by atoms with Gasteiger partial charge in [-0.3, -0.25) is 4.79 Å². The maximum absolute atomic E-state index is 12.3. The molecule has 0 aromatic heterocycles. The molecule has 1 aromatic rings. The number of carbonyl (C=O) groups is 1. The molecule has 0 spiro atoms. The molecule has 0 bridgehead atoms. The summed E-state index contributed by atoms with van der Waals surface area (Å²) in [4.78, 5) is 11.2. The van der Waals surface area contributed by atoms with Crippen LogP contribution in [0.3, 0.4) is 0 Å². The molecule has 0 radical (unpaired) electrons. The number of sulfone groups is 1. The van der Waals surface area contributed by atoms with Crippen LogP contribution < -0.4 is 5.32 Å². The van der Waals surface area contributed by atoms with Crippen LogP contribution in [0.4, 0.5) is 5.69 Å². The van der Waals surface area contributed by atoms with Gasteiger partial charge in [0.25, 0.3) is 0 Å². The van der Waals surface area contributed by atoms with Crippen LogP contribution in [-0.2, 0) is 14.6 Å². The molecule has 1 atom stereocenters. The number of benzene rings is 1.